The lowest BCUT2D eigenvalue weighted by Gasteiger charge is -2.27. The van der Waals surface area contributed by atoms with Crippen molar-refractivity contribution >= 4 is 15.7 Å². The van der Waals surface area contributed by atoms with Crippen molar-refractivity contribution in [3.63, 3.8) is 0 Å². The molecule has 0 radical (unpaired) electrons. The highest BCUT2D eigenvalue weighted by atomic mass is 32.2. The van der Waals surface area contributed by atoms with E-state index in [0.717, 1.165) is 43.6 Å². The van der Waals surface area contributed by atoms with E-state index in [2.05, 4.69) is 11.0 Å². The molecule has 2 aliphatic rings. The summed E-state index contributed by atoms with van der Waals surface area (Å²) >= 11 is 0. The lowest BCUT2D eigenvalue weighted by Crippen LogP contribution is -2.36. The van der Waals surface area contributed by atoms with Gasteiger partial charge in [-0.3, -0.25) is 0 Å². The molecule has 1 aromatic carbocycles. The first-order valence-electron chi connectivity index (χ1n) is 7.95. The molecule has 0 N–H and O–H groups in total. The van der Waals surface area contributed by atoms with Gasteiger partial charge in [-0.2, -0.15) is 4.31 Å². The van der Waals surface area contributed by atoms with Crippen LogP contribution in [-0.2, 0) is 10.0 Å². The summed E-state index contributed by atoms with van der Waals surface area (Å²) in [6, 6.07) is 5.88. The molecule has 0 atom stereocenters. The topological polar surface area (TPSA) is 40.6 Å². The van der Waals surface area contributed by atoms with Crippen LogP contribution in [0.5, 0.6) is 0 Å². The van der Waals surface area contributed by atoms with Crippen LogP contribution in [0.4, 0.5) is 5.69 Å². The summed E-state index contributed by atoms with van der Waals surface area (Å²) in [4.78, 5) is 2.78. The zero-order chi connectivity index (χ0) is 14.9. The number of hydrogen-bond acceptors (Lipinski definition) is 3. The van der Waals surface area contributed by atoms with Gasteiger partial charge in [-0.1, -0.05) is 12.5 Å². The van der Waals surface area contributed by atoms with Gasteiger partial charge in [0.15, 0.2) is 0 Å². The predicted molar refractivity (Wildman–Crippen MR) is 85.2 cm³/mol. The molecule has 0 aliphatic carbocycles. The van der Waals surface area contributed by atoms with Gasteiger partial charge in [0.05, 0.1) is 4.90 Å². The van der Waals surface area contributed by atoms with Gasteiger partial charge in [0.25, 0.3) is 0 Å². The van der Waals surface area contributed by atoms with E-state index in [1.54, 1.807) is 4.31 Å². The molecule has 2 aliphatic heterocycles. The number of benzene rings is 1. The van der Waals surface area contributed by atoms with Gasteiger partial charge in [0.1, 0.15) is 0 Å². The summed E-state index contributed by atoms with van der Waals surface area (Å²) in [5.41, 5.74) is 1.90. The molecule has 1 aromatic rings. The van der Waals surface area contributed by atoms with Crippen LogP contribution in [0, 0.1) is 6.92 Å². The number of rotatable bonds is 3. The minimum absolute atomic E-state index is 0.494. The number of sulfonamides is 1. The smallest absolute Gasteiger partial charge is 0.243 e. The SMILES string of the molecule is Cc1ccc(N2CCCC2)cc1S(=O)(=O)N1CCCCC1. The van der Waals surface area contributed by atoms with E-state index in [0.29, 0.717) is 18.0 Å². The highest BCUT2D eigenvalue weighted by Gasteiger charge is 2.28. The van der Waals surface area contributed by atoms with Crippen molar-refractivity contribution in [2.24, 2.45) is 0 Å². The van der Waals surface area contributed by atoms with Crippen LogP contribution >= 0.6 is 0 Å². The van der Waals surface area contributed by atoms with Crippen LogP contribution in [-0.4, -0.2) is 38.9 Å². The van der Waals surface area contributed by atoms with E-state index in [1.807, 2.05) is 19.1 Å². The lowest BCUT2D eigenvalue weighted by molar-refractivity contribution is 0.346. The van der Waals surface area contributed by atoms with Crippen molar-refractivity contribution in [3.8, 4) is 0 Å². The maximum atomic E-state index is 12.9. The molecule has 0 spiro atoms. The van der Waals surface area contributed by atoms with Crippen molar-refractivity contribution in [1.82, 2.24) is 4.31 Å². The summed E-state index contributed by atoms with van der Waals surface area (Å²) in [5, 5.41) is 0. The van der Waals surface area contributed by atoms with Gasteiger partial charge in [0.2, 0.25) is 10.0 Å². The molecule has 2 saturated heterocycles. The molecule has 2 heterocycles. The molecule has 0 unspecified atom stereocenters. The van der Waals surface area contributed by atoms with Gasteiger partial charge in [0, 0.05) is 31.9 Å². The minimum atomic E-state index is -3.34. The summed E-state index contributed by atoms with van der Waals surface area (Å²) in [6.45, 7) is 5.29. The summed E-state index contributed by atoms with van der Waals surface area (Å²) < 4.78 is 27.4. The Morgan fingerprint density at radius 1 is 0.905 bits per heavy atom. The first-order valence-corrected chi connectivity index (χ1v) is 9.39. The quantitative estimate of drug-likeness (QED) is 0.862. The molecule has 116 valence electrons. The molecule has 21 heavy (non-hydrogen) atoms. The highest BCUT2D eigenvalue weighted by molar-refractivity contribution is 7.89. The normalized spacial score (nSPS) is 20.9. The third-order valence-corrected chi connectivity index (χ3v) is 6.62. The number of aryl methyl sites for hydroxylation is 1. The number of piperidine rings is 1. The number of nitrogens with zero attached hydrogens (tertiary/aromatic N) is 2. The molecule has 2 fully saturated rings. The Morgan fingerprint density at radius 2 is 1.52 bits per heavy atom. The fourth-order valence-corrected chi connectivity index (χ4v) is 5.04. The third kappa shape index (κ3) is 2.94. The molecular formula is C16H24N2O2S. The Labute approximate surface area is 127 Å². The van der Waals surface area contributed by atoms with E-state index in [-0.39, 0.29) is 0 Å². The van der Waals surface area contributed by atoms with Crippen molar-refractivity contribution in [1.29, 1.82) is 0 Å². The van der Waals surface area contributed by atoms with Gasteiger partial charge in [-0.15, -0.1) is 0 Å². The highest BCUT2D eigenvalue weighted by Crippen LogP contribution is 2.29. The molecule has 0 aromatic heterocycles. The minimum Gasteiger partial charge on any atom is -0.371 e. The molecule has 3 rings (SSSR count). The number of anilines is 1. The Morgan fingerprint density at radius 3 is 2.19 bits per heavy atom. The van der Waals surface area contributed by atoms with Crippen molar-refractivity contribution < 1.29 is 8.42 Å². The average Bonchev–Trinajstić information content (AvgIpc) is 3.03. The van der Waals surface area contributed by atoms with Crippen LogP contribution in [0.1, 0.15) is 37.7 Å². The van der Waals surface area contributed by atoms with Gasteiger partial charge in [-0.25, -0.2) is 8.42 Å². The molecule has 0 bridgehead atoms. The Bertz CT molecular complexity index is 601. The zero-order valence-corrected chi connectivity index (χ0v) is 13.5. The number of hydrogen-bond donors (Lipinski definition) is 0. The maximum absolute atomic E-state index is 12.9. The maximum Gasteiger partial charge on any atom is 0.243 e. The van der Waals surface area contributed by atoms with E-state index >= 15 is 0 Å². The summed E-state index contributed by atoms with van der Waals surface area (Å²) in [7, 11) is -3.34. The largest absolute Gasteiger partial charge is 0.371 e. The average molecular weight is 308 g/mol. The second-order valence-electron chi connectivity index (χ2n) is 6.11. The second kappa shape index (κ2) is 5.97. The molecule has 0 amide bonds. The summed E-state index contributed by atoms with van der Waals surface area (Å²) in [5.74, 6) is 0. The van der Waals surface area contributed by atoms with Gasteiger partial charge in [-0.05, 0) is 50.3 Å². The molecular weight excluding hydrogens is 284 g/mol. The van der Waals surface area contributed by atoms with Crippen LogP contribution < -0.4 is 4.90 Å². The molecule has 4 nitrogen and oxygen atoms in total. The second-order valence-corrected chi connectivity index (χ2v) is 8.02. The third-order valence-electron chi connectivity index (χ3n) is 4.58. The summed E-state index contributed by atoms with van der Waals surface area (Å²) in [6.07, 6.45) is 5.48. The predicted octanol–water partition coefficient (Wildman–Crippen LogP) is 2.77. The van der Waals surface area contributed by atoms with E-state index < -0.39 is 10.0 Å². The fraction of sp³-hybridized carbons (Fsp3) is 0.625. The molecule has 0 saturated carbocycles. The monoisotopic (exact) mass is 308 g/mol. The Kier molecular flexibility index (Phi) is 4.22. The van der Waals surface area contributed by atoms with Crippen LogP contribution in [0.3, 0.4) is 0 Å². The van der Waals surface area contributed by atoms with Crippen LogP contribution in [0.25, 0.3) is 0 Å². The van der Waals surface area contributed by atoms with Crippen LogP contribution in [0.2, 0.25) is 0 Å². The fourth-order valence-electron chi connectivity index (χ4n) is 3.28. The van der Waals surface area contributed by atoms with E-state index in [4.69, 9.17) is 0 Å². The Hall–Kier alpha value is -1.07. The lowest BCUT2D eigenvalue weighted by atomic mass is 10.2. The van der Waals surface area contributed by atoms with Crippen molar-refractivity contribution in [3.05, 3.63) is 23.8 Å². The van der Waals surface area contributed by atoms with Crippen molar-refractivity contribution in [2.75, 3.05) is 31.1 Å². The zero-order valence-electron chi connectivity index (χ0n) is 12.7. The van der Waals surface area contributed by atoms with E-state index in [9.17, 15) is 8.42 Å². The van der Waals surface area contributed by atoms with Gasteiger partial charge >= 0.3 is 0 Å². The standard InChI is InChI=1S/C16H24N2O2S/c1-14-7-8-15(17-9-5-6-10-17)13-16(14)21(19,20)18-11-3-2-4-12-18/h7-8,13H,2-6,9-12H2,1H3. The first kappa shape index (κ1) is 14.9. The van der Waals surface area contributed by atoms with E-state index in [1.165, 1.54) is 12.8 Å². The van der Waals surface area contributed by atoms with Crippen molar-refractivity contribution in [2.45, 2.75) is 43.9 Å². The first-order chi connectivity index (χ1) is 10.1. The Balaban J connectivity index is 1.94. The van der Waals surface area contributed by atoms with Crippen LogP contribution in [0.15, 0.2) is 23.1 Å². The molecule has 5 heteroatoms. The van der Waals surface area contributed by atoms with Gasteiger partial charge < -0.3 is 4.90 Å².